The highest BCUT2D eigenvalue weighted by atomic mass is 35.5. The normalized spacial score (nSPS) is 32.7. The Labute approximate surface area is 183 Å². The third kappa shape index (κ3) is 3.16. The first kappa shape index (κ1) is 20.9. The number of aliphatic carboxylic acids is 1. The average Bonchev–Trinajstić information content (AvgIpc) is 3.13. The van der Waals surface area contributed by atoms with E-state index in [-0.39, 0.29) is 22.0 Å². The molecule has 4 atom stereocenters. The maximum Gasteiger partial charge on any atom is 0.324 e. The van der Waals surface area contributed by atoms with Crippen LogP contribution in [0.4, 0.5) is 0 Å². The number of nitrogens with zero attached hydrogens (tertiary/aromatic N) is 1. The molecule has 6 nitrogen and oxygen atoms in total. The molecule has 0 radical (unpaired) electrons. The van der Waals surface area contributed by atoms with Crippen LogP contribution in [0, 0.1) is 11.8 Å². The second kappa shape index (κ2) is 7.41. The molecule has 2 amide bonds. The third-order valence-corrected chi connectivity index (χ3v) is 7.60. The Morgan fingerprint density at radius 1 is 1.14 bits per heavy atom. The van der Waals surface area contributed by atoms with Crippen LogP contribution in [0.1, 0.15) is 50.6 Å². The van der Waals surface area contributed by atoms with E-state index in [0.717, 1.165) is 32.1 Å². The molecular formula is C20H21Cl3N2O4. The van der Waals surface area contributed by atoms with Crippen molar-refractivity contribution in [3.05, 3.63) is 32.8 Å². The number of rotatable bonds is 3. The van der Waals surface area contributed by atoms with Gasteiger partial charge in [-0.2, -0.15) is 0 Å². The molecule has 1 aromatic rings. The maximum atomic E-state index is 13.4. The van der Waals surface area contributed by atoms with E-state index in [1.807, 2.05) is 0 Å². The van der Waals surface area contributed by atoms with Crippen LogP contribution in [0.2, 0.25) is 15.1 Å². The molecule has 4 rings (SSSR count). The van der Waals surface area contributed by atoms with Crippen molar-refractivity contribution in [3.8, 4) is 0 Å². The summed E-state index contributed by atoms with van der Waals surface area (Å²) in [7, 11) is 0. The van der Waals surface area contributed by atoms with Crippen molar-refractivity contribution in [1.29, 1.82) is 0 Å². The van der Waals surface area contributed by atoms with E-state index in [2.05, 4.69) is 5.32 Å². The average molecular weight is 460 g/mol. The van der Waals surface area contributed by atoms with Crippen molar-refractivity contribution in [3.63, 3.8) is 0 Å². The first-order valence-corrected chi connectivity index (χ1v) is 10.8. The second-order valence-corrected chi connectivity index (χ2v) is 9.48. The lowest BCUT2D eigenvalue weighted by Crippen LogP contribution is -2.54. The summed E-state index contributed by atoms with van der Waals surface area (Å²) in [5.41, 5.74) is -1.18. The van der Waals surface area contributed by atoms with Crippen molar-refractivity contribution in [2.45, 2.75) is 56.7 Å². The minimum Gasteiger partial charge on any atom is -0.480 e. The molecule has 0 spiro atoms. The van der Waals surface area contributed by atoms with E-state index >= 15 is 0 Å². The zero-order valence-electron chi connectivity index (χ0n) is 15.8. The highest BCUT2D eigenvalue weighted by molar-refractivity contribution is 6.43. The minimum atomic E-state index is -1.61. The Bertz CT molecular complexity index is 902. The van der Waals surface area contributed by atoms with Gasteiger partial charge in [0.05, 0.1) is 21.9 Å². The number of benzene rings is 1. The number of carbonyl (C=O) groups is 3. The van der Waals surface area contributed by atoms with Gasteiger partial charge in [0.15, 0.2) is 0 Å². The molecule has 3 aliphatic rings. The molecule has 29 heavy (non-hydrogen) atoms. The third-order valence-electron chi connectivity index (χ3n) is 6.56. The molecule has 0 bridgehead atoms. The lowest BCUT2D eigenvalue weighted by molar-refractivity contribution is -0.151. The second-order valence-electron chi connectivity index (χ2n) is 8.26. The molecule has 1 aromatic carbocycles. The quantitative estimate of drug-likeness (QED) is 0.526. The van der Waals surface area contributed by atoms with E-state index < -0.39 is 35.3 Å². The lowest BCUT2D eigenvalue weighted by Gasteiger charge is -2.33. The molecule has 4 unspecified atom stereocenters. The summed E-state index contributed by atoms with van der Waals surface area (Å²) in [5, 5.41) is 13.6. The van der Waals surface area contributed by atoms with Gasteiger partial charge in [-0.3, -0.25) is 24.6 Å². The van der Waals surface area contributed by atoms with Crippen LogP contribution in [0.3, 0.4) is 0 Å². The standard InChI is InChI=1S/C20H21Cl3N2O4/c1-20(19(28)29)14-13(16(24-20)11-7-9(21)8-12(22)15(11)23)17(26)25(18(14)27)10-5-3-2-4-6-10/h7-8,10,13-14,16,24H,2-6H2,1H3,(H,28,29). The smallest absolute Gasteiger partial charge is 0.324 e. The summed E-state index contributed by atoms with van der Waals surface area (Å²) in [5.74, 6) is -3.85. The summed E-state index contributed by atoms with van der Waals surface area (Å²) in [6.07, 6.45) is 4.48. The van der Waals surface area contributed by atoms with Gasteiger partial charge in [0.25, 0.3) is 0 Å². The number of halogens is 3. The number of hydrogen-bond donors (Lipinski definition) is 2. The molecule has 2 heterocycles. The van der Waals surface area contributed by atoms with Crippen molar-refractivity contribution < 1.29 is 19.5 Å². The van der Waals surface area contributed by atoms with Crippen molar-refractivity contribution in [2.75, 3.05) is 0 Å². The molecule has 2 aliphatic heterocycles. The number of likely N-dealkylation sites (tertiary alicyclic amines) is 1. The fraction of sp³-hybridized carbons (Fsp3) is 0.550. The monoisotopic (exact) mass is 458 g/mol. The summed E-state index contributed by atoms with van der Waals surface area (Å²) in [6.45, 7) is 1.45. The van der Waals surface area contributed by atoms with E-state index in [1.54, 1.807) is 6.07 Å². The number of fused-ring (bicyclic) bond motifs is 1. The summed E-state index contributed by atoms with van der Waals surface area (Å²) in [4.78, 5) is 40.3. The van der Waals surface area contributed by atoms with E-state index in [9.17, 15) is 19.5 Å². The molecule has 0 aromatic heterocycles. The SMILES string of the molecule is CC1(C(=O)O)NC(c2cc(Cl)cc(Cl)c2Cl)C2C(=O)N(C3CCCCC3)C(=O)C21. The molecule has 3 fully saturated rings. The molecular weight excluding hydrogens is 439 g/mol. The highest BCUT2D eigenvalue weighted by Crippen LogP contribution is 2.51. The van der Waals surface area contributed by atoms with Crippen molar-refractivity contribution in [1.82, 2.24) is 10.2 Å². The zero-order chi connectivity index (χ0) is 21.1. The Kier molecular flexibility index (Phi) is 5.35. The predicted octanol–water partition coefficient (Wildman–Crippen LogP) is 4.07. The van der Waals surface area contributed by atoms with Gasteiger partial charge in [0.1, 0.15) is 5.54 Å². The Morgan fingerprint density at radius 3 is 2.41 bits per heavy atom. The Hall–Kier alpha value is -1.34. The van der Waals surface area contributed by atoms with Crippen molar-refractivity contribution in [2.24, 2.45) is 11.8 Å². The highest BCUT2D eigenvalue weighted by Gasteiger charge is 2.67. The van der Waals surface area contributed by atoms with Crippen molar-refractivity contribution >= 4 is 52.6 Å². The van der Waals surface area contributed by atoms with Crippen LogP contribution >= 0.6 is 34.8 Å². The largest absolute Gasteiger partial charge is 0.480 e. The summed E-state index contributed by atoms with van der Waals surface area (Å²) < 4.78 is 0. The molecule has 156 valence electrons. The Morgan fingerprint density at radius 2 is 1.79 bits per heavy atom. The number of carbonyl (C=O) groups excluding carboxylic acids is 2. The molecule has 1 saturated carbocycles. The number of amides is 2. The molecule has 2 N–H and O–H groups in total. The van der Waals surface area contributed by atoms with Gasteiger partial charge in [-0.15, -0.1) is 0 Å². The first-order chi connectivity index (χ1) is 13.7. The number of nitrogens with one attached hydrogen (secondary N) is 1. The topological polar surface area (TPSA) is 86.7 Å². The van der Waals surface area contributed by atoms with E-state index in [1.165, 1.54) is 17.9 Å². The van der Waals surface area contributed by atoms with Crippen LogP contribution in [0.5, 0.6) is 0 Å². The van der Waals surface area contributed by atoms with Gasteiger partial charge < -0.3 is 5.11 Å². The molecule has 9 heteroatoms. The summed E-state index contributed by atoms with van der Waals surface area (Å²) >= 11 is 18.7. The first-order valence-electron chi connectivity index (χ1n) is 9.69. The van der Waals surface area contributed by atoms with Crippen LogP contribution in [0.15, 0.2) is 12.1 Å². The number of carboxylic acids is 1. The number of hydrogen-bond acceptors (Lipinski definition) is 4. The van der Waals surface area contributed by atoms with Gasteiger partial charge in [0, 0.05) is 17.1 Å². The number of imide groups is 1. The van der Waals surface area contributed by atoms with Gasteiger partial charge >= 0.3 is 5.97 Å². The van der Waals surface area contributed by atoms with E-state index in [0.29, 0.717) is 10.6 Å². The zero-order valence-corrected chi connectivity index (χ0v) is 18.0. The molecule has 1 aliphatic carbocycles. The van der Waals surface area contributed by atoms with Crippen LogP contribution in [0.25, 0.3) is 0 Å². The molecule has 2 saturated heterocycles. The van der Waals surface area contributed by atoms with Gasteiger partial charge in [0.2, 0.25) is 11.8 Å². The fourth-order valence-electron chi connectivity index (χ4n) is 5.13. The van der Waals surface area contributed by atoms with Gasteiger partial charge in [-0.1, -0.05) is 54.1 Å². The Balaban J connectivity index is 1.81. The lowest BCUT2D eigenvalue weighted by atomic mass is 9.80. The fourth-order valence-corrected chi connectivity index (χ4v) is 5.86. The number of carboxylic acid groups (broad SMARTS) is 1. The summed E-state index contributed by atoms with van der Waals surface area (Å²) in [6, 6.07) is 2.09. The predicted molar refractivity (Wildman–Crippen MR) is 109 cm³/mol. The van der Waals surface area contributed by atoms with Crippen LogP contribution < -0.4 is 5.32 Å². The van der Waals surface area contributed by atoms with E-state index in [4.69, 9.17) is 34.8 Å². The van der Waals surface area contributed by atoms with Crippen LogP contribution in [-0.4, -0.2) is 39.4 Å². The van der Waals surface area contributed by atoms with Gasteiger partial charge in [-0.05, 0) is 37.5 Å². The maximum absolute atomic E-state index is 13.4. The van der Waals surface area contributed by atoms with Gasteiger partial charge in [-0.25, -0.2) is 0 Å². The minimum absolute atomic E-state index is 0.175. The van der Waals surface area contributed by atoms with Crippen LogP contribution in [-0.2, 0) is 14.4 Å².